The minimum Gasteiger partial charge on any atom is -0.312 e. The van der Waals surface area contributed by atoms with Crippen LogP contribution in [0.5, 0.6) is 0 Å². The lowest BCUT2D eigenvalue weighted by Crippen LogP contribution is -2.51. The summed E-state index contributed by atoms with van der Waals surface area (Å²) in [6, 6.07) is 3.98. The van der Waals surface area contributed by atoms with Crippen molar-refractivity contribution in [2.24, 2.45) is 0 Å². The van der Waals surface area contributed by atoms with Crippen LogP contribution >= 0.6 is 15.9 Å². The molecular formula is C11H14BrFN2O2S. The summed E-state index contributed by atoms with van der Waals surface area (Å²) in [4.78, 5) is -0.00250. The smallest absolute Gasteiger partial charge is 0.243 e. The molecular weight excluding hydrogens is 323 g/mol. The Labute approximate surface area is 114 Å². The average molecular weight is 337 g/mol. The van der Waals surface area contributed by atoms with E-state index in [0.717, 1.165) is 6.07 Å². The van der Waals surface area contributed by atoms with E-state index in [9.17, 15) is 12.8 Å². The fourth-order valence-corrected chi connectivity index (χ4v) is 3.69. The van der Waals surface area contributed by atoms with Crippen molar-refractivity contribution in [3.63, 3.8) is 0 Å². The van der Waals surface area contributed by atoms with Crippen molar-refractivity contribution in [1.82, 2.24) is 9.62 Å². The minimum absolute atomic E-state index is 0.00250. The molecule has 0 radical (unpaired) electrons. The highest BCUT2D eigenvalue weighted by atomic mass is 79.9. The predicted molar refractivity (Wildman–Crippen MR) is 70.3 cm³/mol. The number of piperazine rings is 1. The molecule has 4 nitrogen and oxygen atoms in total. The van der Waals surface area contributed by atoms with Gasteiger partial charge in [0.05, 0.1) is 9.37 Å². The van der Waals surface area contributed by atoms with Gasteiger partial charge in [0.15, 0.2) is 0 Å². The maximum atomic E-state index is 13.4. The number of nitrogens with one attached hydrogen (secondary N) is 1. The van der Waals surface area contributed by atoms with Gasteiger partial charge in [0.2, 0.25) is 10.0 Å². The van der Waals surface area contributed by atoms with Crippen LogP contribution in [0.2, 0.25) is 0 Å². The van der Waals surface area contributed by atoms with Gasteiger partial charge in [-0.1, -0.05) is 0 Å². The maximum Gasteiger partial charge on any atom is 0.243 e. The summed E-state index contributed by atoms with van der Waals surface area (Å²) in [6.07, 6.45) is 0. The molecule has 0 amide bonds. The number of benzene rings is 1. The third-order valence-electron chi connectivity index (χ3n) is 2.86. The third-order valence-corrected chi connectivity index (χ3v) is 5.36. The molecule has 0 saturated carbocycles. The maximum absolute atomic E-state index is 13.4. The normalized spacial score (nSPS) is 22.1. The van der Waals surface area contributed by atoms with Gasteiger partial charge < -0.3 is 5.32 Å². The summed E-state index contributed by atoms with van der Waals surface area (Å²) in [5.74, 6) is -0.570. The topological polar surface area (TPSA) is 49.4 Å². The van der Waals surface area contributed by atoms with E-state index < -0.39 is 15.8 Å². The Morgan fingerprint density at radius 2 is 2.22 bits per heavy atom. The van der Waals surface area contributed by atoms with E-state index in [1.807, 2.05) is 6.92 Å². The fourth-order valence-electron chi connectivity index (χ4n) is 1.90. The molecule has 1 fully saturated rings. The van der Waals surface area contributed by atoms with Crippen molar-refractivity contribution < 1.29 is 12.8 Å². The first-order valence-corrected chi connectivity index (χ1v) is 7.83. The van der Waals surface area contributed by atoms with Crippen molar-refractivity contribution in [2.75, 3.05) is 19.6 Å². The Bertz CT molecular complexity index is 550. The first-order chi connectivity index (χ1) is 8.41. The van der Waals surface area contributed by atoms with Crippen molar-refractivity contribution in [3.8, 4) is 0 Å². The number of nitrogens with zero attached hydrogens (tertiary/aromatic N) is 1. The zero-order chi connectivity index (χ0) is 13.3. The van der Waals surface area contributed by atoms with E-state index in [2.05, 4.69) is 21.2 Å². The van der Waals surface area contributed by atoms with Crippen LogP contribution in [-0.4, -0.2) is 38.4 Å². The largest absolute Gasteiger partial charge is 0.312 e. The number of hydrogen-bond acceptors (Lipinski definition) is 3. The van der Waals surface area contributed by atoms with Crippen LogP contribution in [0.1, 0.15) is 6.92 Å². The highest BCUT2D eigenvalue weighted by molar-refractivity contribution is 9.10. The van der Waals surface area contributed by atoms with Crippen molar-refractivity contribution in [1.29, 1.82) is 0 Å². The molecule has 0 aliphatic carbocycles. The lowest BCUT2D eigenvalue weighted by Gasteiger charge is -2.31. The summed E-state index contributed by atoms with van der Waals surface area (Å²) >= 11 is 3.01. The van der Waals surface area contributed by atoms with E-state index in [4.69, 9.17) is 0 Å². The molecule has 1 aliphatic rings. The molecule has 1 atom stereocenters. The molecule has 2 rings (SSSR count). The average Bonchev–Trinajstić information content (AvgIpc) is 2.32. The van der Waals surface area contributed by atoms with Crippen LogP contribution in [0.3, 0.4) is 0 Å². The molecule has 18 heavy (non-hydrogen) atoms. The molecule has 1 saturated heterocycles. The molecule has 0 bridgehead atoms. The highest BCUT2D eigenvalue weighted by Gasteiger charge is 2.28. The van der Waals surface area contributed by atoms with E-state index in [1.165, 1.54) is 16.4 Å². The molecule has 1 heterocycles. The van der Waals surface area contributed by atoms with Crippen molar-refractivity contribution >= 4 is 26.0 Å². The van der Waals surface area contributed by atoms with E-state index in [1.54, 1.807) is 0 Å². The van der Waals surface area contributed by atoms with Gasteiger partial charge in [-0.2, -0.15) is 4.31 Å². The monoisotopic (exact) mass is 336 g/mol. The zero-order valence-corrected chi connectivity index (χ0v) is 12.3. The van der Waals surface area contributed by atoms with Gasteiger partial charge in [0, 0.05) is 25.7 Å². The van der Waals surface area contributed by atoms with Crippen LogP contribution in [0.4, 0.5) is 4.39 Å². The number of rotatable bonds is 2. The van der Waals surface area contributed by atoms with Crippen molar-refractivity contribution in [3.05, 3.63) is 28.5 Å². The van der Waals surface area contributed by atoms with Crippen LogP contribution in [0.25, 0.3) is 0 Å². The summed E-state index contributed by atoms with van der Waals surface area (Å²) in [5.41, 5.74) is 0. The molecule has 100 valence electrons. The fraction of sp³-hybridized carbons (Fsp3) is 0.455. The highest BCUT2D eigenvalue weighted by Crippen LogP contribution is 2.22. The molecule has 1 aromatic carbocycles. The van der Waals surface area contributed by atoms with E-state index >= 15 is 0 Å². The molecule has 7 heteroatoms. The molecule has 0 unspecified atom stereocenters. The minimum atomic E-state index is -3.60. The molecule has 1 aliphatic heterocycles. The Kier molecular flexibility index (Phi) is 4.05. The zero-order valence-electron chi connectivity index (χ0n) is 9.86. The van der Waals surface area contributed by atoms with Gasteiger partial charge in [0.1, 0.15) is 5.82 Å². The summed E-state index contributed by atoms with van der Waals surface area (Å²) in [7, 11) is -3.60. The standard InChI is InChI=1S/C11H14BrFN2O2S/c1-8-7-15(5-4-14-8)18(16,17)9-2-3-10(12)11(13)6-9/h2-3,6,8,14H,4-5,7H2,1H3/t8-/m0/s1. The Hall–Kier alpha value is -0.500. The summed E-state index contributed by atoms with van der Waals surface area (Å²) in [5, 5.41) is 3.17. The molecule has 1 aromatic rings. The molecule has 1 N–H and O–H groups in total. The Balaban J connectivity index is 2.32. The first-order valence-electron chi connectivity index (χ1n) is 5.60. The van der Waals surface area contributed by atoms with Crippen molar-refractivity contribution in [2.45, 2.75) is 17.9 Å². The van der Waals surface area contributed by atoms with Gasteiger partial charge in [-0.05, 0) is 41.1 Å². The SMILES string of the molecule is C[C@H]1CN(S(=O)(=O)c2ccc(Br)c(F)c2)CCN1. The van der Waals surface area contributed by atoms with Crippen LogP contribution in [0.15, 0.2) is 27.6 Å². The van der Waals surface area contributed by atoms with E-state index in [0.29, 0.717) is 19.6 Å². The van der Waals surface area contributed by atoms with E-state index in [-0.39, 0.29) is 15.4 Å². The van der Waals surface area contributed by atoms with Gasteiger partial charge >= 0.3 is 0 Å². The lowest BCUT2D eigenvalue weighted by molar-refractivity contribution is 0.310. The van der Waals surface area contributed by atoms with Gasteiger partial charge in [-0.15, -0.1) is 0 Å². The second-order valence-electron chi connectivity index (χ2n) is 4.29. The van der Waals surface area contributed by atoms with Gasteiger partial charge in [-0.3, -0.25) is 0 Å². The lowest BCUT2D eigenvalue weighted by atomic mass is 10.3. The molecule has 0 aromatic heterocycles. The van der Waals surface area contributed by atoms with Gasteiger partial charge in [-0.25, -0.2) is 12.8 Å². The summed E-state index contributed by atoms with van der Waals surface area (Å²) < 4.78 is 39.7. The third kappa shape index (κ3) is 2.74. The second kappa shape index (κ2) is 5.24. The quantitative estimate of drug-likeness (QED) is 0.891. The summed E-state index contributed by atoms with van der Waals surface area (Å²) in [6.45, 7) is 3.34. The Morgan fingerprint density at radius 3 is 2.83 bits per heavy atom. The predicted octanol–water partition coefficient (Wildman–Crippen LogP) is 1.57. The second-order valence-corrected chi connectivity index (χ2v) is 7.09. The number of halogens is 2. The van der Waals surface area contributed by atoms with Crippen LogP contribution in [-0.2, 0) is 10.0 Å². The van der Waals surface area contributed by atoms with Crippen LogP contribution in [0, 0.1) is 5.82 Å². The van der Waals surface area contributed by atoms with Crippen LogP contribution < -0.4 is 5.32 Å². The van der Waals surface area contributed by atoms with Gasteiger partial charge in [0.25, 0.3) is 0 Å². The molecule has 0 spiro atoms. The number of sulfonamides is 1. The first kappa shape index (κ1) is 13.9. The Morgan fingerprint density at radius 1 is 1.50 bits per heavy atom. The number of hydrogen-bond donors (Lipinski definition) is 1.